The largest absolute Gasteiger partial charge is 0.361 e. The summed E-state index contributed by atoms with van der Waals surface area (Å²) >= 11 is 0. The summed E-state index contributed by atoms with van der Waals surface area (Å²) in [5, 5.41) is 1.26. The van der Waals surface area contributed by atoms with Gasteiger partial charge in [0.05, 0.1) is 0 Å². The number of hydrogen-bond donors (Lipinski definition) is 1. The first-order valence-electron chi connectivity index (χ1n) is 7.17. The molecule has 0 unspecified atom stereocenters. The van der Waals surface area contributed by atoms with Crippen molar-refractivity contribution < 1.29 is 4.79 Å². The number of rotatable bonds is 3. The molecule has 1 aliphatic heterocycles. The zero-order valence-corrected chi connectivity index (χ0v) is 12.1. The molecule has 20 heavy (non-hydrogen) atoms. The predicted molar refractivity (Wildman–Crippen MR) is 81.4 cm³/mol. The van der Waals surface area contributed by atoms with Gasteiger partial charge in [0.15, 0.2) is 0 Å². The highest BCUT2D eigenvalue weighted by Crippen LogP contribution is 2.21. The highest BCUT2D eigenvalue weighted by molar-refractivity contribution is 5.84. The molecule has 0 spiro atoms. The van der Waals surface area contributed by atoms with Gasteiger partial charge in [0.2, 0.25) is 5.91 Å². The van der Waals surface area contributed by atoms with Crippen LogP contribution in [0.4, 0.5) is 0 Å². The summed E-state index contributed by atoms with van der Waals surface area (Å²) in [5.41, 5.74) is 5.01. The fourth-order valence-electron chi connectivity index (χ4n) is 2.79. The molecule has 0 saturated heterocycles. The molecule has 104 valence electrons. The SMILES string of the molecule is CC1=CN(CCc2c[nH]c3cc(C)ccc23)C(=O)CC1. The lowest BCUT2D eigenvalue weighted by Gasteiger charge is -2.23. The standard InChI is InChI=1S/C17H20N2O/c1-12-3-5-15-14(10-18-16(15)9-12)7-8-19-11-13(2)4-6-17(19)20/h3,5,9-11,18H,4,6-8H2,1-2H3. The Hall–Kier alpha value is -2.03. The topological polar surface area (TPSA) is 36.1 Å². The van der Waals surface area contributed by atoms with Crippen molar-refractivity contribution >= 4 is 16.8 Å². The summed E-state index contributed by atoms with van der Waals surface area (Å²) < 4.78 is 0. The first kappa shape index (κ1) is 13.0. The molecule has 1 amide bonds. The molecular weight excluding hydrogens is 248 g/mol. The van der Waals surface area contributed by atoms with Crippen molar-refractivity contribution in [2.45, 2.75) is 33.1 Å². The molecule has 3 rings (SSSR count). The number of aryl methyl sites for hydroxylation is 1. The second-order valence-electron chi connectivity index (χ2n) is 5.68. The molecule has 0 aliphatic carbocycles. The Morgan fingerprint density at radius 3 is 2.95 bits per heavy atom. The summed E-state index contributed by atoms with van der Waals surface area (Å²) in [4.78, 5) is 17.1. The second-order valence-corrected chi connectivity index (χ2v) is 5.68. The molecule has 0 bridgehead atoms. The molecule has 0 fully saturated rings. The van der Waals surface area contributed by atoms with Crippen LogP contribution in [-0.4, -0.2) is 22.3 Å². The van der Waals surface area contributed by atoms with E-state index in [0.717, 1.165) is 19.4 Å². The van der Waals surface area contributed by atoms with Crippen molar-refractivity contribution in [1.82, 2.24) is 9.88 Å². The van der Waals surface area contributed by atoms with E-state index in [1.165, 1.54) is 27.6 Å². The Balaban J connectivity index is 1.77. The Kier molecular flexibility index (Phi) is 3.35. The summed E-state index contributed by atoms with van der Waals surface area (Å²) in [6.07, 6.45) is 6.51. The summed E-state index contributed by atoms with van der Waals surface area (Å²) in [6, 6.07) is 6.46. The lowest BCUT2D eigenvalue weighted by molar-refractivity contribution is -0.129. The summed E-state index contributed by atoms with van der Waals surface area (Å²) in [5.74, 6) is 0.242. The molecule has 1 aromatic heterocycles. The highest BCUT2D eigenvalue weighted by atomic mass is 16.2. The number of nitrogens with zero attached hydrogens (tertiary/aromatic N) is 1. The Morgan fingerprint density at radius 2 is 2.10 bits per heavy atom. The molecule has 2 heterocycles. The Morgan fingerprint density at radius 1 is 1.25 bits per heavy atom. The van der Waals surface area contributed by atoms with Crippen LogP contribution in [-0.2, 0) is 11.2 Å². The smallest absolute Gasteiger partial charge is 0.226 e. The monoisotopic (exact) mass is 268 g/mol. The Bertz CT molecular complexity index is 681. The number of hydrogen-bond acceptors (Lipinski definition) is 1. The third kappa shape index (κ3) is 2.48. The predicted octanol–water partition coefficient (Wildman–Crippen LogP) is 3.55. The minimum atomic E-state index is 0.242. The number of carbonyl (C=O) groups is 1. The lowest BCUT2D eigenvalue weighted by atomic mass is 10.1. The van der Waals surface area contributed by atoms with E-state index in [2.05, 4.69) is 43.2 Å². The van der Waals surface area contributed by atoms with Crippen molar-refractivity contribution in [3.63, 3.8) is 0 Å². The fourth-order valence-corrected chi connectivity index (χ4v) is 2.79. The van der Waals surface area contributed by atoms with E-state index in [9.17, 15) is 4.79 Å². The second kappa shape index (κ2) is 5.16. The number of amides is 1. The van der Waals surface area contributed by atoms with Gasteiger partial charge in [-0.3, -0.25) is 4.79 Å². The number of fused-ring (bicyclic) bond motifs is 1. The van der Waals surface area contributed by atoms with Crippen molar-refractivity contribution in [3.05, 3.63) is 47.3 Å². The van der Waals surface area contributed by atoms with Crippen LogP contribution in [0.1, 0.15) is 30.9 Å². The van der Waals surface area contributed by atoms with Gasteiger partial charge in [-0.25, -0.2) is 0 Å². The number of aromatic amines is 1. The summed E-state index contributed by atoms with van der Waals surface area (Å²) in [7, 11) is 0. The molecule has 1 aromatic carbocycles. The van der Waals surface area contributed by atoms with Crippen molar-refractivity contribution in [2.75, 3.05) is 6.54 Å². The number of carbonyl (C=O) groups excluding carboxylic acids is 1. The van der Waals surface area contributed by atoms with Gasteiger partial charge in [0.25, 0.3) is 0 Å². The van der Waals surface area contributed by atoms with Gasteiger partial charge in [-0.15, -0.1) is 0 Å². The first-order valence-corrected chi connectivity index (χ1v) is 7.17. The van der Waals surface area contributed by atoms with Crippen molar-refractivity contribution in [3.8, 4) is 0 Å². The zero-order chi connectivity index (χ0) is 14.1. The fraction of sp³-hybridized carbons (Fsp3) is 0.353. The molecule has 3 nitrogen and oxygen atoms in total. The van der Waals surface area contributed by atoms with E-state index in [-0.39, 0.29) is 5.91 Å². The minimum absolute atomic E-state index is 0.242. The normalized spacial score (nSPS) is 15.8. The third-order valence-electron chi connectivity index (χ3n) is 3.97. The zero-order valence-electron chi connectivity index (χ0n) is 12.1. The molecular formula is C17H20N2O. The molecule has 1 aliphatic rings. The van der Waals surface area contributed by atoms with Crippen LogP contribution in [0.25, 0.3) is 10.9 Å². The van der Waals surface area contributed by atoms with Gasteiger partial charge < -0.3 is 9.88 Å². The van der Waals surface area contributed by atoms with Gasteiger partial charge in [-0.1, -0.05) is 17.7 Å². The molecule has 2 aromatic rings. The maximum Gasteiger partial charge on any atom is 0.226 e. The van der Waals surface area contributed by atoms with E-state index in [1.54, 1.807) is 0 Å². The van der Waals surface area contributed by atoms with Crippen LogP contribution >= 0.6 is 0 Å². The lowest BCUT2D eigenvalue weighted by Crippen LogP contribution is -2.30. The molecule has 1 N–H and O–H groups in total. The average Bonchev–Trinajstić information content (AvgIpc) is 2.82. The number of allylic oxidation sites excluding steroid dienone is 1. The highest BCUT2D eigenvalue weighted by Gasteiger charge is 2.16. The van der Waals surface area contributed by atoms with Crippen LogP contribution in [0.2, 0.25) is 0 Å². The quantitative estimate of drug-likeness (QED) is 0.908. The number of aromatic nitrogens is 1. The van der Waals surface area contributed by atoms with Gasteiger partial charge in [-0.2, -0.15) is 0 Å². The van der Waals surface area contributed by atoms with E-state index >= 15 is 0 Å². The average molecular weight is 268 g/mol. The van der Waals surface area contributed by atoms with E-state index in [0.29, 0.717) is 6.42 Å². The summed E-state index contributed by atoms with van der Waals surface area (Å²) in [6.45, 7) is 4.95. The number of nitrogens with one attached hydrogen (secondary N) is 1. The maximum absolute atomic E-state index is 11.9. The van der Waals surface area contributed by atoms with E-state index < -0.39 is 0 Å². The van der Waals surface area contributed by atoms with Gasteiger partial charge >= 0.3 is 0 Å². The van der Waals surface area contributed by atoms with Crippen LogP contribution in [0, 0.1) is 6.92 Å². The van der Waals surface area contributed by atoms with Crippen LogP contribution in [0.15, 0.2) is 36.2 Å². The maximum atomic E-state index is 11.9. The van der Waals surface area contributed by atoms with Crippen LogP contribution in [0.5, 0.6) is 0 Å². The minimum Gasteiger partial charge on any atom is -0.361 e. The van der Waals surface area contributed by atoms with E-state index in [1.807, 2.05) is 11.1 Å². The van der Waals surface area contributed by atoms with Gasteiger partial charge in [-0.05, 0) is 43.9 Å². The van der Waals surface area contributed by atoms with Gasteiger partial charge in [0.1, 0.15) is 0 Å². The van der Waals surface area contributed by atoms with Crippen LogP contribution in [0.3, 0.4) is 0 Å². The number of H-pyrrole nitrogens is 1. The molecule has 0 saturated carbocycles. The molecule has 0 atom stereocenters. The molecule has 3 heteroatoms. The molecule has 0 radical (unpaired) electrons. The third-order valence-corrected chi connectivity index (χ3v) is 3.97. The van der Waals surface area contributed by atoms with Crippen LogP contribution < -0.4 is 0 Å². The Labute approximate surface area is 119 Å². The van der Waals surface area contributed by atoms with Crippen molar-refractivity contribution in [2.24, 2.45) is 0 Å². The number of benzene rings is 1. The van der Waals surface area contributed by atoms with Crippen molar-refractivity contribution in [1.29, 1.82) is 0 Å². The van der Waals surface area contributed by atoms with Gasteiger partial charge in [0, 0.05) is 36.3 Å². The first-order chi connectivity index (χ1) is 9.63. The van der Waals surface area contributed by atoms with E-state index in [4.69, 9.17) is 0 Å².